The topological polar surface area (TPSA) is 0 Å². The van der Waals surface area contributed by atoms with E-state index < -0.39 is 8.07 Å². The van der Waals surface area contributed by atoms with Crippen LogP contribution in [0.2, 0.25) is 24.2 Å². The number of hydrogen-bond donors (Lipinski definition) is 0. The molecule has 0 spiro atoms. The quantitative estimate of drug-likeness (QED) is 0.247. The Bertz CT molecular complexity index is 160. The predicted octanol–water partition coefficient (Wildman–Crippen LogP) is 4.82. The summed E-state index contributed by atoms with van der Waals surface area (Å²) in [5, 5.41) is 0. The summed E-state index contributed by atoms with van der Waals surface area (Å²) in [7, 11) is -1.18. The van der Waals surface area contributed by atoms with Gasteiger partial charge in [0.1, 0.15) is 0 Å². The van der Waals surface area contributed by atoms with Crippen molar-refractivity contribution in [3.63, 3.8) is 0 Å². The van der Waals surface area contributed by atoms with Crippen LogP contribution in [-0.4, -0.2) is 12.5 Å². The zero-order chi connectivity index (χ0) is 10.9. The molecular weight excluding hydrogens is 299 g/mol. The van der Waals surface area contributed by atoms with Crippen molar-refractivity contribution in [3.05, 3.63) is 38.0 Å². The molecule has 0 amide bonds. The van der Waals surface area contributed by atoms with E-state index in [9.17, 15) is 0 Å². The first-order valence-corrected chi connectivity index (χ1v) is 9.48. The first-order chi connectivity index (χ1) is 6.74. The summed E-state index contributed by atoms with van der Waals surface area (Å²) < 4.78 is 1.26. The average molecular weight is 320 g/mol. The summed E-state index contributed by atoms with van der Waals surface area (Å²) in [6, 6.07) is 5.02. The largest absolute Gasteiger partial charge is 0.103 e. The van der Waals surface area contributed by atoms with Gasteiger partial charge in [0.25, 0.3) is 0 Å². The van der Waals surface area contributed by atoms with E-state index in [-0.39, 0.29) is 0 Å². The molecule has 0 fully saturated rings. The lowest BCUT2D eigenvalue weighted by atomic mass is 10.6. The van der Waals surface area contributed by atoms with Crippen LogP contribution < -0.4 is 0 Å². The molecule has 80 valence electrons. The Morgan fingerprint density at radius 3 is 1.64 bits per heavy atom. The summed E-state index contributed by atoms with van der Waals surface area (Å²) >= 11 is 2.46. The number of allylic oxidation sites excluding steroid dienone is 3. The van der Waals surface area contributed by atoms with Crippen molar-refractivity contribution in [1.82, 2.24) is 0 Å². The van der Waals surface area contributed by atoms with Gasteiger partial charge in [-0.1, -0.05) is 46.9 Å². The molecule has 0 atom stereocenters. The maximum absolute atomic E-state index is 3.88. The zero-order valence-corrected chi connectivity index (χ0v) is 12.1. The van der Waals surface area contributed by atoms with Crippen LogP contribution in [-0.2, 0) is 0 Å². The highest BCUT2D eigenvalue weighted by atomic mass is 127. The summed E-state index contributed by atoms with van der Waals surface area (Å²) in [5.74, 6) is 0. The molecule has 0 radical (unpaired) electrons. The maximum Gasteiger partial charge on any atom is 0.0648 e. The smallest absolute Gasteiger partial charge is 0.0648 e. The molecule has 0 saturated carbocycles. The molecule has 0 aromatic rings. The predicted molar refractivity (Wildman–Crippen MR) is 79.1 cm³/mol. The highest BCUT2D eigenvalue weighted by molar-refractivity contribution is 14.1. The average Bonchev–Trinajstić information content (AvgIpc) is 2.16. The molecule has 0 unspecified atom stereocenters. The van der Waals surface area contributed by atoms with Crippen molar-refractivity contribution < 1.29 is 0 Å². The minimum Gasteiger partial charge on any atom is -0.103 e. The third kappa shape index (κ3) is 5.15. The first-order valence-electron chi connectivity index (χ1n) is 5.13. The Hall–Kier alpha value is 0.167. The summed E-state index contributed by atoms with van der Waals surface area (Å²) in [5.41, 5.74) is 0. The van der Waals surface area contributed by atoms with E-state index in [4.69, 9.17) is 0 Å². The van der Waals surface area contributed by atoms with Gasteiger partial charge in [-0.2, -0.15) is 0 Å². The van der Waals surface area contributed by atoms with E-state index in [0.29, 0.717) is 0 Å². The molecule has 0 aliphatic carbocycles. The van der Waals surface area contributed by atoms with E-state index in [2.05, 4.69) is 60.6 Å². The minimum atomic E-state index is -1.18. The molecule has 0 N–H and O–H groups in total. The lowest BCUT2D eigenvalue weighted by Gasteiger charge is -2.28. The lowest BCUT2D eigenvalue weighted by molar-refractivity contribution is 1.05. The normalized spacial score (nSPS) is 10.9. The fraction of sp³-hybridized carbons (Fsp3) is 0.500. The SMILES string of the molecule is C=CC[Si](CC=C)(CC=C)CCCI. The number of hydrogen-bond acceptors (Lipinski definition) is 0. The fourth-order valence-electron chi connectivity index (χ4n) is 1.92. The molecule has 0 aromatic carbocycles. The molecule has 0 bridgehead atoms. The molecule has 0 aliphatic heterocycles. The van der Waals surface area contributed by atoms with Gasteiger partial charge >= 0.3 is 0 Å². The van der Waals surface area contributed by atoms with Gasteiger partial charge in [-0.3, -0.25) is 0 Å². The van der Waals surface area contributed by atoms with Gasteiger partial charge in [0.15, 0.2) is 0 Å². The van der Waals surface area contributed by atoms with Crippen molar-refractivity contribution >= 4 is 30.7 Å². The molecule has 0 heterocycles. The minimum absolute atomic E-state index is 1.18. The Kier molecular flexibility index (Phi) is 8.57. The monoisotopic (exact) mass is 320 g/mol. The van der Waals surface area contributed by atoms with E-state index in [1.807, 2.05) is 0 Å². The van der Waals surface area contributed by atoms with Crippen LogP contribution in [0.4, 0.5) is 0 Å². The maximum atomic E-state index is 3.88. The van der Waals surface area contributed by atoms with Gasteiger partial charge in [-0.05, 0) is 29.0 Å². The zero-order valence-electron chi connectivity index (χ0n) is 8.97. The third-order valence-electron chi connectivity index (χ3n) is 2.57. The van der Waals surface area contributed by atoms with E-state index in [0.717, 1.165) is 0 Å². The van der Waals surface area contributed by atoms with Crippen molar-refractivity contribution in [1.29, 1.82) is 0 Å². The summed E-state index contributed by atoms with van der Waals surface area (Å²) in [6.45, 7) is 11.6. The van der Waals surface area contributed by atoms with Crippen molar-refractivity contribution in [2.24, 2.45) is 0 Å². The van der Waals surface area contributed by atoms with Crippen LogP contribution in [0.5, 0.6) is 0 Å². The first kappa shape index (κ1) is 14.2. The Morgan fingerprint density at radius 2 is 1.36 bits per heavy atom. The van der Waals surface area contributed by atoms with Crippen LogP contribution in [0.15, 0.2) is 38.0 Å². The molecule has 14 heavy (non-hydrogen) atoms. The van der Waals surface area contributed by atoms with Crippen LogP contribution in [0.3, 0.4) is 0 Å². The van der Waals surface area contributed by atoms with Gasteiger partial charge in [0.05, 0.1) is 8.07 Å². The Balaban J connectivity index is 4.43. The Morgan fingerprint density at radius 1 is 0.929 bits per heavy atom. The lowest BCUT2D eigenvalue weighted by Crippen LogP contribution is -2.31. The highest BCUT2D eigenvalue weighted by Crippen LogP contribution is 2.28. The van der Waals surface area contributed by atoms with Gasteiger partial charge in [0.2, 0.25) is 0 Å². The molecular formula is C12H21ISi. The van der Waals surface area contributed by atoms with Crippen molar-refractivity contribution in [2.45, 2.75) is 30.6 Å². The second-order valence-corrected chi connectivity index (χ2v) is 9.57. The molecule has 0 aliphatic rings. The van der Waals surface area contributed by atoms with Gasteiger partial charge in [-0.15, -0.1) is 19.7 Å². The highest BCUT2D eigenvalue weighted by Gasteiger charge is 2.27. The van der Waals surface area contributed by atoms with Crippen molar-refractivity contribution in [3.8, 4) is 0 Å². The second kappa shape index (κ2) is 8.47. The van der Waals surface area contributed by atoms with E-state index in [1.54, 1.807) is 0 Å². The molecule has 2 heteroatoms. The van der Waals surface area contributed by atoms with Crippen LogP contribution in [0.1, 0.15) is 6.42 Å². The Labute approximate surface area is 103 Å². The summed E-state index contributed by atoms with van der Waals surface area (Å²) in [6.07, 6.45) is 7.60. The van der Waals surface area contributed by atoms with E-state index >= 15 is 0 Å². The molecule has 0 rings (SSSR count). The molecule has 0 aromatic heterocycles. The molecule has 0 nitrogen and oxygen atoms in total. The number of alkyl halides is 1. The fourth-order valence-corrected chi connectivity index (χ4v) is 6.89. The number of halogens is 1. The number of rotatable bonds is 9. The van der Waals surface area contributed by atoms with Gasteiger partial charge in [0, 0.05) is 0 Å². The van der Waals surface area contributed by atoms with Crippen LogP contribution in [0, 0.1) is 0 Å². The third-order valence-corrected chi connectivity index (χ3v) is 8.21. The van der Waals surface area contributed by atoms with Gasteiger partial charge in [-0.25, -0.2) is 0 Å². The van der Waals surface area contributed by atoms with Crippen LogP contribution in [0.25, 0.3) is 0 Å². The van der Waals surface area contributed by atoms with Gasteiger partial charge < -0.3 is 0 Å². The molecule has 0 saturated heterocycles. The van der Waals surface area contributed by atoms with Crippen LogP contribution >= 0.6 is 22.6 Å². The summed E-state index contributed by atoms with van der Waals surface area (Å²) in [4.78, 5) is 0. The second-order valence-electron chi connectivity index (χ2n) is 3.77. The van der Waals surface area contributed by atoms with Crippen molar-refractivity contribution in [2.75, 3.05) is 4.43 Å². The standard InChI is InChI=1S/C12H21ISi/c1-4-9-14(10-5-2,11-6-3)12-7-8-13/h4-6H,1-3,7-12H2. The van der Waals surface area contributed by atoms with E-state index in [1.165, 1.54) is 35.0 Å².